The van der Waals surface area contributed by atoms with E-state index in [1.54, 1.807) is 21.3 Å². The zero-order valence-corrected chi connectivity index (χ0v) is 44.9. The lowest BCUT2D eigenvalue weighted by molar-refractivity contribution is 0.276. The van der Waals surface area contributed by atoms with Gasteiger partial charge in [-0.05, 0) is 166 Å². The first-order valence-electron chi connectivity index (χ1n) is 22.8. The van der Waals surface area contributed by atoms with Gasteiger partial charge in [0.05, 0.1) is 19.8 Å². The Balaban J connectivity index is 0.000000246. The maximum Gasteiger partial charge on any atom is 0.255 e. The van der Waals surface area contributed by atoms with Crippen molar-refractivity contribution in [2.75, 3.05) is 0 Å². The number of aryl methyl sites for hydroxylation is 7. The molecule has 0 bridgehead atoms. The second-order valence-electron chi connectivity index (χ2n) is 20.4. The standard InChI is InChI=1S/C20H29NO2Si.C14H15NO2.C13H23NO2Si.C8H10/c1-15-9-8-10-18(11-15)21-16(2)12-17(13-19(21)22)14-23-24(6,7)20(3,4)5;1-10-4-3-5-13(6-10)15-11(2)7-12(9-16)8-14(15)17;1-10-7-11(8-12(15)14-10)9-16-17(5,6)13(2,3)4;1-7-5-3-4-6-8(7)2/h8-13H,14H2,1-7H3;3-8,16H,9H2,1-2H3;7-8H,9H2,1-6H3,(H,14,15);3-6H,1-2H3. The van der Waals surface area contributed by atoms with E-state index in [1.165, 1.54) is 17.2 Å². The maximum atomic E-state index is 12.6. The van der Waals surface area contributed by atoms with Crippen LogP contribution in [0.3, 0.4) is 0 Å². The van der Waals surface area contributed by atoms with E-state index in [-0.39, 0.29) is 33.4 Å². The number of aromatic nitrogens is 3. The average molecular weight is 932 g/mol. The predicted octanol–water partition coefficient (Wildman–Crippen LogP) is 12.4. The highest BCUT2D eigenvalue weighted by Gasteiger charge is 2.38. The molecule has 0 spiro atoms. The van der Waals surface area contributed by atoms with Crippen molar-refractivity contribution in [3.8, 4) is 11.4 Å². The van der Waals surface area contributed by atoms with Crippen LogP contribution in [-0.4, -0.2) is 35.9 Å². The van der Waals surface area contributed by atoms with Gasteiger partial charge in [-0.25, -0.2) is 0 Å². The molecule has 0 amide bonds. The second-order valence-corrected chi connectivity index (χ2v) is 30.0. The quantitative estimate of drug-likeness (QED) is 0.140. The van der Waals surface area contributed by atoms with Crippen molar-refractivity contribution in [3.63, 3.8) is 0 Å². The molecule has 0 radical (unpaired) electrons. The van der Waals surface area contributed by atoms with Crippen LogP contribution < -0.4 is 16.7 Å². The number of H-pyrrole nitrogens is 1. The summed E-state index contributed by atoms with van der Waals surface area (Å²) in [6, 6.07) is 34.8. The lowest BCUT2D eigenvalue weighted by Crippen LogP contribution is -2.40. The fraction of sp³-hybridized carbons (Fsp3) is 0.400. The van der Waals surface area contributed by atoms with E-state index in [2.05, 4.69) is 117 Å². The molecule has 0 unspecified atom stereocenters. The molecule has 0 aliphatic heterocycles. The van der Waals surface area contributed by atoms with Gasteiger partial charge < -0.3 is 18.9 Å². The summed E-state index contributed by atoms with van der Waals surface area (Å²) < 4.78 is 15.7. The largest absolute Gasteiger partial charge is 0.413 e. The zero-order valence-electron chi connectivity index (χ0n) is 42.9. The van der Waals surface area contributed by atoms with E-state index in [9.17, 15) is 14.4 Å². The van der Waals surface area contributed by atoms with E-state index in [0.717, 1.165) is 50.7 Å². The summed E-state index contributed by atoms with van der Waals surface area (Å²) in [7, 11) is -3.55. The SMILES string of the molecule is Cc1cc(CO[Si](C)(C)C(C)(C)C)cc(=O)[nH]1.Cc1cccc(-n2c(C)cc(CO)cc2=O)c1.Cc1cccc(-n2c(C)cc(CO[Si](C)(C)C(C)(C)C)cc2=O)c1.Cc1ccccc1C. The maximum absolute atomic E-state index is 12.6. The summed E-state index contributed by atoms with van der Waals surface area (Å²) in [6.07, 6.45) is 0. The van der Waals surface area contributed by atoms with Crippen molar-refractivity contribution >= 4 is 16.6 Å². The van der Waals surface area contributed by atoms with Crippen molar-refractivity contribution in [2.24, 2.45) is 0 Å². The molecule has 2 N–H and O–H groups in total. The summed E-state index contributed by atoms with van der Waals surface area (Å²) in [5, 5.41) is 9.41. The van der Waals surface area contributed by atoms with Crippen LogP contribution in [0.5, 0.6) is 0 Å². The van der Waals surface area contributed by atoms with Crippen LogP contribution in [0.4, 0.5) is 0 Å². The van der Waals surface area contributed by atoms with E-state index < -0.39 is 16.6 Å². The zero-order chi connectivity index (χ0) is 49.8. The highest BCUT2D eigenvalue weighted by atomic mass is 28.4. The minimum absolute atomic E-state index is 0.00516. The molecular weight excluding hydrogens is 855 g/mol. The Kier molecular flexibility index (Phi) is 19.7. The molecule has 66 heavy (non-hydrogen) atoms. The molecule has 9 nitrogen and oxygen atoms in total. The molecule has 0 saturated carbocycles. The van der Waals surface area contributed by atoms with Crippen LogP contribution >= 0.6 is 0 Å². The van der Waals surface area contributed by atoms with Gasteiger partial charge in [0.1, 0.15) is 0 Å². The normalized spacial score (nSPS) is 11.7. The molecule has 0 atom stereocenters. The molecule has 3 aromatic heterocycles. The monoisotopic (exact) mass is 932 g/mol. The first-order chi connectivity index (χ1) is 30.5. The first kappa shape index (κ1) is 55.2. The summed E-state index contributed by atoms with van der Waals surface area (Å²) in [5.74, 6) is 0. The Morgan fingerprint density at radius 1 is 0.515 bits per heavy atom. The van der Waals surface area contributed by atoms with E-state index in [1.807, 2.05) is 95.3 Å². The van der Waals surface area contributed by atoms with Gasteiger partial charge in [0, 0.05) is 46.7 Å². The third kappa shape index (κ3) is 16.3. The fourth-order valence-corrected chi connectivity index (χ4v) is 8.30. The second kappa shape index (κ2) is 23.5. The van der Waals surface area contributed by atoms with Crippen molar-refractivity contribution in [1.82, 2.24) is 14.1 Å². The van der Waals surface area contributed by atoms with Gasteiger partial charge >= 0.3 is 0 Å². The third-order valence-corrected chi connectivity index (χ3v) is 21.5. The summed E-state index contributed by atoms with van der Waals surface area (Å²) in [5.41, 5.74) is 11.8. The predicted molar refractivity (Wildman–Crippen MR) is 281 cm³/mol. The third-order valence-electron chi connectivity index (χ3n) is 12.5. The van der Waals surface area contributed by atoms with Gasteiger partial charge in [0.2, 0.25) is 5.56 Å². The van der Waals surface area contributed by atoms with E-state index >= 15 is 0 Å². The van der Waals surface area contributed by atoms with Gasteiger partial charge in [-0.1, -0.05) is 90.1 Å². The van der Waals surface area contributed by atoms with Crippen molar-refractivity contribution in [3.05, 3.63) is 196 Å². The lowest BCUT2D eigenvalue weighted by atomic mass is 10.1. The van der Waals surface area contributed by atoms with Crippen molar-refractivity contribution < 1.29 is 14.0 Å². The molecule has 0 aliphatic carbocycles. The Labute approximate surface area is 396 Å². The molecule has 0 saturated heterocycles. The molecule has 356 valence electrons. The highest BCUT2D eigenvalue weighted by molar-refractivity contribution is 6.74. The number of nitrogens with one attached hydrogen (secondary N) is 1. The fourth-order valence-electron chi connectivity index (χ4n) is 6.37. The molecule has 3 aromatic carbocycles. The number of nitrogens with zero attached hydrogens (tertiary/aromatic N) is 2. The Morgan fingerprint density at radius 3 is 1.26 bits per heavy atom. The minimum atomic E-state index is -1.82. The molecule has 0 fully saturated rings. The van der Waals surface area contributed by atoms with Crippen LogP contribution in [0, 0.1) is 48.5 Å². The Bertz CT molecular complexity index is 2700. The van der Waals surface area contributed by atoms with Crippen LogP contribution in [0.1, 0.15) is 97.6 Å². The number of pyridine rings is 3. The number of aromatic amines is 1. The molecule has 0 aliphatic rings. The molecule has 11 heteroatoms. The minimum Gasteiger partial charge on any atom is -0.413 e. The highest BCUT2D eigenvalue weighted by Crippen LogP contribution is 2.38. The number of hydrogen-bond acceptors (Lipinski definition) is 6. The van der Waals surface area contributed by atoms with Gasteiger partial charge in [-0.2, -0.15) is 0 Å². The van der Waals surface area contributed by atoms with Gasteiger partial charge in [-0.3, -0.25) is 23.5 Å². The molecule has 6 aromatic rings. The smallest absolute Gasteiger partial charge is 0.255 e. The Morgan fingerprint density at radius 2 is 0.909 bits per heavy atom. The van der Waals surface area contributed by atoms with Gasteiger partial charge in [0.25, 0.3) is 11.1 Å². The number of aliphatic hydroxyl groups is 1. The number of benzene rings is 3. The van der Waals surface area contributed by atoms with Crippen LogP contribution in [0.2, 0.25) is 36.3 Å². The Hall–Kier alpha value is -5.18. The number of aliphatic hydroxyl groups excluding tert-OH is 1. The number of rotatable bonds is 9. The van der Waals surface area contributed by atoms with E-state index in [4.69, 9.17) is 14.0 Å². The average Bonchev–Trinajstić information content (AvgIpc) is 3.20. The van der Waals surface area contributed by atoms with Crippen LogP contribution in [0.25, 0.3) is 11.4 Å². The molecular formula is C55H77N3O6Si2. The summed E-state index contributed by atoms with van der Waals surface area (Å²) >= 11 is 0. The van der Waals surface area contributed by atoms with Gasteiger partial charge in [0.15, 0.2) is 16.6 Å². The summed E-state index contributed by atoms with van der Waals surface area (Å²) in [6.45, 7) is 37.1. The topological polar surface area (TPSA) is 116 Å². The van der Waals surface area contributed by atoms with Crippen molar-refractivity contribution in [1.29, 1.82) is 0 Å². The van der Waals surface area contributed by atoms with E-state index in [0.29, 0.717) is 18.8 Å². The lowest BCUT2D eigenvalue weighted by Gasteiger charge is -2.36. The molecule has 6 rings (SSSR count). The van der Waals surface area contributed by atoms with Crippen LogP contribution in [-0.2, 0) is 28.7 Å². The number of hydrogen-bond donors (Lipinski definition) is 2. The molecule has 3 heterocycles. The van der Waals surface area contributed by atoms with Crippen molar-refractivity contribution in [2.45, 2.75) is 146 Å². The summed E-state index contributed by atoms with van der Waals surface area (Å²) in [4.78, 5) is 38.7. The first-order valence-corrected chi connectivity index (χ1v) is 28.6. The van der Waals surface area contributed by atoms with Gasteiger partial charge in [-0.15, -0.1) is 0 Å². The van der Waals surface area contributed by atoms with Crippen LogP contribution in [0.15, 0.2) is 124 Å².